The number of unbranched alkanes of at least 4 members (excludes halogenated alkanes) is 21. The van der Waals surface area contributed by atoms with Gasteiger partial charge < -0.3 is 14.2 Å². The number of hydrogen-bond acceptors (Lipinski definition) is 6. The van der Waals surface area contributed by atoms with E-state index in [4.69, 9.17) is 14.2 Å². The molecule has 0 fully saturated rings. The molecule has 0 bridgehead atoms. The Labute approximate surface area is 480 Å². The molecule has 0 aliphatic rings. The van der Waals surface area contributed by atoms with Crippen molar-refractivity contribution in [2.24, 2.45) is 0 Å². The Balaban J connectivity index is 4.35. The summed E-state index contributed by atoms with van der Waals surface area (Å²) in [5, 5.41) is 0. The van der Waals surface area contributed by atoms with E-state index in [1.54, 1.807) is 0 Å². The van der Waals surface area contributed by atoms with Crippen molar-refractivity contribution in [2.45, 2.75) is 277 Å². The van der Waals surface area contributed by atoms with Gasteiger partial charge in [-0.25, -0.2) is 0 Å². The molecule has 0 radical (unpaired) electrons. The van der Waals surface area contributed by atoms with E-state index in [2.05, 4.69) is 167 Å². The van der Waals surface area contributed by atoms with Crippen molar-refractivity contribution in [2.75, 3.05) is 13.2 Å². The summed E-state index contributed by atoms with van der Waals surface area (Å²) in [6.45, 7) is 6.44. The van der Waals surface area contributed by atoms with Crippen molar-refractivity contribution in [3.63, 3.8) is 0 Å². The Morgan fingerprint density at radius 3 is 0.833 bits per heavy atom. The SMILES string of the molecule is CC/C=C\C/C=C\C/C=C\C/C=C\C/C=C\C/C=C\C/C=C\C/C=C\C/C=C\C/C=C\CCCCC(=O)OCC(COC(=O)CCCCCCCCCCCC)OC(=O)CCCCCCCCC/C=C\C/C=C\CCCCC. The predicted molar refractivity (Wildman–Crippen MR) is 339 cm³/mol. The minimum Gasteiger partial charge on any atom is -0.462 e. The van der Waals surface area contributed by atoms with Crippen LogP contribution in [0, 0.1) is 0 Å². The van der Waals surface area contributed by atoms with Gasteiger partial charge in [0.2, 0.25) is 0 Å². The summed E-state index contributed by atoms with van der Waals surface area (Å²) >= 11 is 0. The number of carbonyl (C=O) groups is 3. The molecule has 0 rings (SSSR count). The summed E-state index contributed by atoms with van der Waals surface area (Å²) in [7, 11) is 0. The van der Waals surface area contributed by atoms with Gasteiger partial charge in [0.25, 0.3) is 0 Å². The summed E-state index contributed by atoms with van der Waals surface area (Å²) in [5.41, 5.74) is 0. The predicted octanol–water partition coefficient (Wildman–Crippen LogP) is 21.9. The average Bonchev–Trinajstić information content (AvgIpc) is 3.44. The zero-order valence-electron chi connectivity index (χ0n) is 50.4. The van der Waals surface area contributed by atoms with Crippen molar-refractivity contribution >= 4 is 17.9 Å². The van der Waals surface area contributed by atoms with Gasteiger partial charge in [0.15, 0.2) is 6.10 Å². The molecular weight excluding hydrogens is 961 g/mol. The summed E-state index contributed by atoms with van der Waals surface area (Å²) < 4.78 is 16.8. The normalized spacial score (nSPS) is 13.1. The summed E-state index contributed by atoms with van der Waals surface area (Å²) in [5.74, 6) is -0.954. The van der Waals surface area contributed by atoms with Crippen LogP contribution in [0.4, 0.5) is 0 Å². The smallest absolute Gasteiger partial charge is 0.306 e. The largest absolute Gasteiger partial charge is 0.462 e. The third kappa shape index (κ3) is 62.1. The van der Waals surface area contributed by atoms with E-state index in [9.17, 15) is 14.4 Å². The summed E-state index contributed by atoms with van der Waals surface area (Å²) in [6.07, 6.45) is 92.9. The maximum absolute atomic E-state index is 12.9. The molecule has 78 heavy (non-hydrogen) atoms. The molecule has 0 aromatic rings. The van der Waals surface area contributed by atoms with Crippen LogP contribution in [0.25, 0.3) is 0 Å². The first-order chi connectivity index (χ1) is 38.5. The second-order valence-corrected chi connectivity index (χ2v) is 20.6. The lowest BCUT2D eigenvalue weighted by molar-refractivity contribution is -0.167. The first-order valence-electron chi connectivity index (χ1n) is 31.8. The van der Waals surface area contributed by atoms with Gasteiger partial charge in [0.05, 0.1) is 0 Å². The first-order valence-corrected chi connectivity index (χ1v) is 31.8. The topological polar surface area (TPSA) is 78.9 Å². The van der Waals surface area contributed by atoms with Crippen molar-refractivity contribution in [3.8, 4) is 0 Å². The fourth-order valence-corrected chi connectivity index (χ4v) is 8.32. The number of esters is 3. The maximum Gasteiger partial charge on any atom is 0.306 e. The Kier molecular flexibility index (Phi) is 60.9. The highest BCUT2D eigenvalue weighted by atomic mass is 16.6. The van der Waals surface area contributed by atoms with Gasteiger partial charge in [0.1, 0.15) is 13.2 Å². The third-order valence-electron chi connectivity index (χ3n) is 13.1. The second kappa shape index (κ2) is 64.8. The van der Waals surface area contributed by atoms with Crippen molar-refractivity contribution < 1.29 is 28.6 Å². The van der Waals surface area contributed by atoms with Crippen molar-refractivity contribution in [1.29, 1.82) is 0 Å². The molecule has 0 heterocycles. The van der Waals surface area contributed by atoms with Crippen molar-refractivity contribution in [1.82, 2.24) is 0 Å². The van der Waals surface area contributed by atoms with E-state index < -0.39 is 6.10 Å². The van der Waals surface area contributed by atoms with Gasteiger partial charge in [-0.3, -0.25) is 14.4 Å². The first kappa shape index (κ1) is 73.3. The van der Waals surface area contributed by atoms with E-state index in [1.165, 1.54) is 96.3 Å². The van der Waals surface area contributed by atoms with Gasteiger partial charge in [0, 0.05) is 19.3 Å². The van der Waals surface area contributed by atoms with Crippen LogP contribution >= 0.6 is 0 Å². The molecule has 0 aromatic carbocycles. The fraction of sp³-hybridized carbons (Fsp3) is 0.625. The maximum atomic E-state index is 12.9. The number of rotatable bonds is 56. The molecule has 6 heteroatoms. The molecule has 0 aromatic heterocycles. The molecule has 1 atom stereocenters. The van der Waals surface area contributed by atoms with Crippen LogP contribution < -0.4 is 0 Å². The Morgan fingerprint density at radius 1 is 0.269 bits per heavy atom. The minimum atomic E-state index is -0.804. The molecule has 0 aliphatic heterocycles. The molecule has 0 N–H and O–H groups in total. The Bertz CT molecular complexity index is 1710. The van der Waals surface area contributed by atoms with Gasteiger partial charge in [-0.05, 0) is 128 Å². The number of allylic oxidation sites excluding steroid dienone is 24. The lowest BCUT2D eigenvalue weighted by atomic mass is 10.1. The number of ether oxygens (including phenoxy) is 3. The van der Waals surface area contributed by atoms with Crippen LogP contribution in [0.15, 0.2) is 146 Å². The van der Waals surface area contributed by atoms with E-state index >= 15 is 0 Å². The lowest BCUT2D eigenvalue weighted by Gasteiger charge is -2.18. The van der Waals surface area contributed by atoms with Gasteiger partial charge in [-0.2, -0.15) is 0 Å². The minimum absolute atomic E-state index is 0.0975. The third-order valence-corrected chi connectivity index (χ3v) is 13.1. The highest BCUT2D eigenvalue weighted by molar-refractivity contribution is 5.71. The van der Waals surface area contributed by atoms with Crippen LogP contribution in [0.3, 0.4) is 0 Å². The van der Waals surface area contributed by atoms with E-state index in [-0.39, 0.29) is 31.1 Å². The zero-order valence-corrected chi connectivity index (χ0v) is 50.4. The standard InChI is InChI=1S/C72H116O6/c1-4-7-10-13-16-19-22-24-26-28-29-30-31-32-33-34-35-36-37-38-39-40-41-42-43-45-46-48-50-53-56-59-62-65-71(74)77-68-69(67-76-70(73)64-61-58-55-52-21-18-15-12-9-6-3)78-72(75)66-63-60-57-54-51-49-47-44-27-25-23-20-17-14-11-8-5-2/h7,10,16-17,19-20,24-27,29-30,32-33,35-36,38-39,41-42,45-46,50,53,69H,4-6,8-9,11-15,18,21-23,28,31,34,37,40,43-44,47-49,51-52,54-68H2,1-3H3/b10-7-,19-16-,20-17-,26-24-,27-25-,30-29-,33-32-,36-35-,39-38-,42-41-,46-45-,53-50-. The summed E-state index contributed by atoms with van der Waals surface area (Å²) in [6, 6.07) is 0. The average molecular weight is 1080 g/mol. The molecule has 0 amide bonds. The Morgan fingerprint density at radius 2 is 0.500 bits per heavy atom. The lowest BCUT2D eigenvalue weighted by Crippen LogP contribution is -2.30. The monoisotopic (exact) mass is 1080 g/mol. The molecular formula is C72H116O6. The molecule has 0 saturated heterocycles. The zero-order chi connectivity index (χ0) is 56.4. The molecule has 0 saturated carbocycles. The van der Waals surface area contributed by atoms with Gasteiger partial charge in [-0.15, -0.1) is 0 Å². The van der Waals surface area contributed by atoms with Gasteiger partial charge >= 0.3 is 17.9 Å². The second-order valence-electron chi connectivity index (χ2n) is 20.6. The van der Waals surface area contributed by atoms with E-state index in [0.29, 0.717) is 25.7 Å². The van der Waals surface area contributed by atoms with E-state index in [1.807, 2.05) is 0 Å². The summed E-state index contributed by atoms with van der Waals surface area (Å²) in [4.78, 5) is 38.2. The van der Waals surface area contributed by atoms with Crippen LogP contribution in [0.5, 0.6) is 0 Å². The van der Waals surface area contributed by atoms with Crippen molar-refractivity contribution in [3.05, 3.63) is 146 Å². The molecule has 6 nitrogen and oxygen atoms in total. The Hall–Kier alpha value is -4.71. The van der Waals surface area contributed by atoms with Crippen LogP contribution in [-0.4, -0.2) is 37.2 Å². The molecule has 440 valence electrons. The van der Waals surface area contributed by atoms with Crippen LogP contribution in [0.2, 0.25) is 0 Å². The molecule has 0 spiro atoms. The van der Waals surface area contributed by atoms with Crippen LogP contribution in [-0.2, 0) is 28.6 Å². The van der Waals surface area contributed by atoms with E-state index in [0.717, 1.165) is 128 Å². The molecule has 0 aliphatic carbocycles. The number of carbonyl (C=O) groups excluding carboxylic acids is 3. The van der Waals surface area contributed by atoms with Gasteiger partial charge in [-0.1, -0.05) is 269 Å². The highest BCUT2D eigenvalue weighted by Crippen LogP contribution is 2.14. The van der Waals surface area contributed by atoms with Crippen LogP contribution in [0.1, 0.15) is 271 Å². The number of hydrogen-bond donors (Lipinski definition) is 0. The highest BCUT2D eigenvalue weighted by Gasteiger charge is 2.19. The quantitative estimate of drug-likeness (QED) is 0.0261. The fourth-order valence-electron chi connectivity index (χ4n) is 8.32. The molecule has 1 unspecified atom stereocenters.